The van der Waals surface area contributed by atoms with Crippen LogP contribution in [0.25, 0.3) is 16.4 Å². The first-order valence-electron chi connectivity index (χ1n) is 8.94. The molecule has 4 aromatic rings. The summed E-state index contributed by atoms with van der Waals surface area (Å²) in [5.74, 6) is -0.715. The molecule has 0 aliphatic rings. The van der Waals surface area contributed by atoms with Gasteiger partial charge >= 0.3 is 0 Å². The molecule has 0 aliphatic carbocycles. The zero-order chi connectivity index (χ0) is 21.8. The first kappa shape index (κ1) is 20.7. The Labute approximate surface area is 183 Å². The largest absolute Gasteiger partial charge is 0.323 e. The zero-order valence-electron chi connectivity index (χ0n) is 15.8. The first-order chi connectivity index (χ1) is 15.0. The lowest BCUT2D eigenvalue weighted by Crippen LogP contribution is -2.15. The Morgan fingerprint density at radius 3 is 2.68 bits per heavy atom. The molecule has 0 bridgehead atoms. The number of hydrogen-bond donors (Lipinski definition) is 1. The fourth-order valence-corrected chi connectivity index (χ4v) is 4.23. The second kappa shape index (κ2) is 9.06. The third-order valence-electron chi connectivity index (χ3n) is 4.16. The van der Waals surface area contributed by atoms with Crippen molar-refractivity contribution in [1.29, 1.82) is 0 Å². The van der Waals surface area contributed by atoms with Crippen molar-refractivity contribution in [3.63, 3.8) is 0 Å². The number of rotatable bonds is 7. The van der Waals surface area contributed by atoms with E-state index in [1.54, 1.807) is 0 Å². The molecule has 2 aromatic carbocycles. The monoisotopic (exact) mass is 455 g/mol. The maximum atomic E-state index is 13.9. The van der Waals surface area contributed by atoms with Crippen LogP contribution in [0, 0.1) is 15.9 Å². The van der Waals surface area contributed by atoms with Crippen LogP contribution >= 0.6 is 23.1 Å². The number of amides is 1. The first-order valence-corrected chi connectivity index (χ1v) is 10.8. The molecule has 31 heavy (non-hydrogen) atoms. The number of non-ortho nitro benzene ring substituents is 1. The predicted molar refractivity (Wildman–Crippen MR) is 117 cm³/mol. The summed E-state index contributed by atoms with van der Waals surface area (Å²) >= 11 is 2.65. The lowest BCUT2D eigenvalue weighted by molar-refractivity contribution is -0.384. The summed E-state index contributed by atoms with van der Waals surface area (Å²) in [5.41, 5.74) is 0.279. The number of thioether (sulfide) groups is 1. The van der Waals surface area contributed by atoms with E-state index in [-0.39, 0.29) is 17.1 Å². The SMILES string of the molecule is O=C(CSc1nnc(-c2cccs2)n1-c1ccccc1)Nc1cc([N+](=O)[O-])ccc1F. The molecule has 156 valence electrons. The average molecular weight is 455 g/mol. The van der Waals surface area contributed by atoms with Crippen LogP contribution in [0.4, 0.5) is 15.8 Å². The number of thiophene rings is 1. The number of carbonyl (C=O) groups excluding carboxylic acids is 1. The van der Waals surface area contributed by atoms with Gasteiger partial charge in [-0.3, -0.25) is 19.5 Å². The zero-order valence-corrected chi connectivity index (χ0v) is 17.4. The van der Waals surface area contributed by atoms with Gasteiger partial charge in [-0.05, 0) is 29.6 Å². The Morgan fingerprint density at radius 2 is 1.97 bits per heavy atom. The van der Waals surface area contributed by atoms with Crippen LogP contribution in [-0.2, 0) is 4.79 Å². The molecular formula is C20H14FN5O3S2. The van der Waals surface area contributed by atoms with E-state index in [1.165, 1.54) is 11.3 Å². The van der Waals surface area contributed by atoms with E-state index < -0.39 is 16.6 Å². The summed E-state index contributed by atoms with van der Waals surface area (Å²) in [6.07, 6.45) is 0. The fraction of sp³-hybridized carbons (Fsp3) is 0.0500. The summed E-state index contributed by atoms with van der Waals surface area (Å²) in [7, 11) is 0. The molecule has 2 heterocycles. The maximum Gasteiger partial charge on any atom is 0.271 e. The van der Waals surface area contributed by atoms with E-state index in [9.17, 15) is 19.3 Å². The number of carbonyl (C=O) groups is 1. The Hall–Kier alpha value is -3.57. The Bertz CT molecular complexity index is 1230. The smallest absolute Gasteiger partial charge is 0.271 e. The van der Waals surface area contributed by atoms with Gasteiger partial charge in [0.05, 0.1) is 21.2 Å². The van der Waals surface area contributed by atoms with Crippen molar-refractivity contribution in [3.05, 3.63) is 82.0 Å². The molecular weight excluding hydrogens is 441 g/mol. The number of nitro groups is 1. The van der Waals surface area contributed by atoms with Crippen molar-refractivity contribution in [1.82, 2.24) is 14.8 Å². The van der Waals surface area contributed by atoms with Crippen LogP contribution in [0.2, 0.25) is 0 Å². The summed E-state index contributed by atoms with van der Waals surface area (Å²) in [5, 5.41) is 24.2. The molecule has 1 N–H and O–H groups in total. The summed E-state index contributed by atoms with van der Waals surface area (Å²) in [6.45, 7) is 0. The van der Waals surface area contributed by atoms with Gasteiger partial charge in [0, 0.05) is 17.8 Å². The van der Waals surface area contributed by atoms with Crippen molar-refractivity contribution in [2.24, 2.45) is 0 Å². The number of anilines is 1. The lowest BCUT2D eigenvalue weighted by atomic mass is 10.2. The van der Waals surface area contributed by atoms with Crippen LogP contribution in [0.15, 0.2) is 71.2 Å². The minimum Gasteiger partial charge on any atom is -0.323 e. The van der Waals surface area contributed by atoms with Crippen LogP contribution < -0.4 is 5.32 Å². The quantitative estimate of drug-likeness (QED) is 0.245. The number of nitrogens with one attached hydrogen (secondary N) is 1. The summed E-state index contributed by atoms with van der Waals surface area (Å²) in [4.78, 5) is 23.5. The van der Waals surface area contributed by atoms with Crippen LogP contribution in [0.3, 0.4) is 0 Å². The second-order valence-corrected chi connectivity index (χ2v) is 8.10. The number of nitrogens with zero attached hydrogens (tertiary/aromatic N) is 4. The minimum absolute atomic E-state index is 0.0858. The highest BCUT2D eigenvalue weighted by Crippen LogP contribution is 2.30. The van der Waals surface area contributed by atoms with Crippen molar-refractivity contribution >= 4 is 40.4 Å². The maximum absolute atomic E-state index is 13.9. The number of hydrogen-bond acceptors (Lipinski definition) is 7. The third kappa shape index (κ3) is 4.62. The van der Waals surface area contributed by atoms with Crippen molar-refractivity contribution in [3.8, 4) is 16.4 Å². The molecule has 1 amide bonds. The number of para-hydroxylation sites is 1. The van der Waals surface area contributed by atoms with Crippen molar-refractivity contribution in [2.45, 2.75) is 5.16 Å². The molecule has 0 spiro atoms. The van der Waals surface area contributed by atoms with E-state index in [0.717, 1.165) is 40.5 Å². The predicted octanol–water partition coefficient (Wildman–Crippen LogP) is 4.77. The standard InChI is InChI=1S/C20H14FN5O3S2/c21-15-9-8-14(26(28)29)11-16(15)22-18(27)12-31-20-24-23-19(17-7-4-10-30-17)25(20)13-5-2-1-3-6-13/h1-11H,12H2,(H,22,27). The highest BCUT2D eigenvalue weighted by atomic mass is 32.2. The van der Waals surface area contributed by atoms with Gasteiger partial charge in [-0.15, -0.1) is 21.5 Å². The molecule has 0 fully saturated rings. The van der Waals surface area contributed by atoms with Gasteiger partial charge in [0.1, 0.15) is 5.82 Å². The van der Waals surface area contributed by atoms with Gasteiger partial charge in [-0.1, -0.05) is 36.0 Å². The van der Waals surface area contributed by atoms with Crippen LogP contribution in [0.1, 0.15) is 0 Å². The van der Waals surface area contributed by atoms with E-state index in [4.69, 9.17) is 0 Å². The van der Waals surface area contributed by atoms with E-state index >= 15 is 0 Å². The van der Waals surface area contributed by atoms with E-state index in [0.29, 0.717) is 11.0 Å². The lowest BCUT2D eigenvalue weighted by Gasteiger charge is -2.10. The van der Waals surface area contributed by atoms with Gasteiger partial charge < -0.3 is 5.32 Å². The van der Waals surface area contributed by atoms with Gasteiger partial charge in [0.25, 0.3) is 5.69 Å². The minimum atomic E-state index is -0.753. The van der Waals surface area contributed by atoms with Crippen LogP contribution in [0.5, 0.6) is 0 Å². The van der Waals surface area contributed by atoms with Crippen molar-refractivity contribution < 1.29 is 14.1 Å². The van der Waals surface area contributed by atoms with Gasteiger partial charge in [-0.2, -0.15) is 0 Å². The third-order valence-corrected chi connectivity index (χ3v) is 5.95. The second-order valence-electron chi connectivity index (χ2n) is 6.21. The topological polar surface area (TPSA) is 103 Å². The van der Waals surface area contributed by atoms with E-state index in [2.05, 4.69) is 15.5 Å². The number of nitro benzene ring substituents is 1. The van der Waals surface area contributed by atoms with Crippen molar-refractivity contribution in [2.75, 3.05) is 11.1 Å². The summed E-state index contributed by atoms with van der Waals surface area (Å²) < 4.78 is 15.8. The Balaban J connectivity index is 1.55. The molecule has 2 aromatic heterocycles. The van der Waals surface area contributed by atoms with Gasteiger partial charge in [0.15, 0.2) is 11.0 Å². The summed E-state index contributed by atoms with van der Waals surface area (Å²) in [6, 6.07) is 16.3. The van der Waals surface area contributed by atoms with Crippen LogP contribution in [-0.4, -0.2) is 31.3 Å². The molecule has 8 nitrogen and oxygen atoms in total. The normalized spacial score (nSPS) is 10.7. The Morgan fingerprint density at radius 1 is 1.16 bits per heavy atom. The van der Waals surface area contributed by atoms with E-state index in [1.807, 2.05) is 52.4 Å². The Kier molecular flexibility index (Phi) is 6.05. The highest BCUT2D eigenvalue weighted by Gasteiger charge is 2.19. The molecule has 0 unspecified atom stereocenters. The molecule has 0 radical (unpaired) electrons. The highest BCUT2D eigenvalue weighted by molar-refractivity contribution is 7.99. The molecule has 4 rings (SSSR count). The molecule has 0 aliphatic heterocycles. The number of benzene rings is 2. The van der Waals surface area contributed by atoms with Gasteiger partial charge in [-0.25, -0.2) is 4.39 Å². The van der Waals surface area contributed by atoms with Gasteiger partial charge in [0.2, 0.25) is 5.91 Å². The number of halogens is 1. The fourth-order valence-electron chi connectivity index (χ4n) is 2.78. The number of aromatic nitrogens is 3. The molecule has 11 heteroatoms. The molecule has 0 saturated heterocycles. The molecule has 0 saturated carbocycles. The molecule has 0 atom stereocenters. The average Bonchev–Trinajstić information content (AvgIpc) is 3.44.